The van der Waals surface area contributed by atoms with Crippen molar-refractivity contribution in [3.63, 3.8) is 0 Å². The number of aromatic nitrogens is 1. The Morgan fingerprint density at radius 2 is 1.75 bits per heavy atom. The molecule has 1 aromatic heterocycles. The molecule has 3 rings (SSSR count). The maximum absolute atomic E-state index is 4.38. The van der Waals surface area contributed by atoms with Crippen molar-refractivity contribution in [3.05, 3.63) is 59.4 Å². The van der Waals surface area contributed by atoms with Crippen molar-refractivity contribution in [2.75, 3.05) is 5.32 Å². The fourth-order valence-electron chi connectivity index (χ4n) is 1.91. The topological polar surface area (TPSA) is 24.9 Å². The largest absolute Gasteiger partial charge is 0.379 e. The zero-order valence-electron chi connectivity index (χ0n) is 8.85. The first-order chi connectivity index (χ1) is 7.93. The molecule has 2 heteroatoms. The van der Waals surface area contributed by atoms with Gasteiger partial charge in [-0.25, -0.2) is 0 Å². The summed E-state index contributed by atoms with van der Waals surface area (Å²) in [6.45, 7) is 0.775. The summed E-state index contributed by atoms with van der Waals surface area (Å²) < 4.78 is 0. The van der Waals surface area contributed by atoms with E-state index in [1.807, 2.05) is 18.3 Å². The number of nitrogens with one attached hydrogen (secondary N) is 1. The van der Waals surface area contributed by atoms with Crippen LogP contribution in [0.4, 0.5) is 5.69 Å². The SMILES string of the molecule is C1=Cc2cccnc2CNc2ccccc21. The van der Waals surface area contributed by atoms with E-state index >= 15 is 0 Å². The molecule has 0 saturated heterocycles. The number of anilines is 1. The second-order valence-electron chi connectivity index (χ2n) is 3.81. The van der Waals surface area contributed by atoms with Gasteiger partial charge in [-0.2, -0.15) is 0 Å². The molecular formula is C14H12N2. The number of hydrogen-bond acceptors (Lipinski definition) is 2. The Hall–Kier alpha value is -2.09. The number of benzene rings is 1. The molecule has 0 radical (unpaired) electrons. The predicted octanol–water partition coefficient (Wildman–Crippen LogP) is 3.18. The molecule has 1 N–H and O–H groups in total. The van der Waals surface area contributed by atoms with Gasteiger partial charge in [-0.3, -0.25) is 4.98 Å². The first kappa shape index (κ1) is 9.16. The van der Waals surface area contributed by atoms with Gasteiger partial charge in [0.15, 0.2) is 0 Å². The van der Waals surface area contributed by atoms with E-state index in [0.29, 0.717) is 0 Å². The van der Waals surface area contributed by atoms with Gasteiger partial charge >= 0.3 is 0 Å². The van der Waals surface area contributed by atoms with Crippen LogP contribution in [-0.2, 0) is 6.54 Å². The van der Waals surface area contributed by atoms with Crippen LogP contribution < -0.4 is 5.32 Å². The van der Waals surface area contributed by atoms with Gasteiger partial charge in [0.05, 0.1) is 12.2 Å². The van der Waals surface area contributed by atoms with Gasteiger partial charge in [-0.15, -0.1) is 0 Å². The molecule has 0 unspecified atom stereocenters. The molecule has 0 atom stereocenters. The fraction of sp³-hybridized carbons (Fsp3) is 0.0714. The average Bonchev–Trinajstić information content (AvgIpc) is 2.32. The van der Waals surface area contributed by atoms with Crippen molar-refractivity contribution in [3.8, 4) is 0 Å². The third-order valence-electron chi connectivity index (χ3n) is 2.77. The molecule has 1 aliphatic heterocycles. The average molecular weight is 208 g/mol. The third kappa shape index (κ3) is 1.58. The van der Waals surface area contributed by atoms with E-state index in [4.69, 9.17) is 0 Å². The Morgan fingerprint density at radius 1 is 0.938 bits per heavy atom. The summed E-state index contributed by atoms with van der Waals surface area (Å²) in [6.07, 6.45) is 6.09. The summed E-state index contributed by atoms with van der Waals surface area (Å²) in [4.78, 5) is 4.38. The zero-order valence-corrected chi connectivity index (χ0v) is 8.85. The first-order valence-corrected chi connectivity index (χ1v) is 5.38. The van der Waals surface area contributed by atoms with Gasteiger partial charge in [-0.05, 0) is 23.3 Å². The predicted molar refractivity (Wildman–Crippen MR) is 66.9 cm³/mol. The molecule has 78 valence electrons. The molecule has 2 aromatic rings. The van der Waals surface area contributed by atoms with Gasteiger partial charge < -0.3 is 5.32 Å². The summed E-state index contributed by atoms with van der Waals surface area (Å²) in [7, 11) is 0. The van der Waals surface area contributed by atoms with Crippen LogP contribution in [0.2, 0.25) is 0 Å². The number of rotatable bonds is 0. The maximum atomic E-state index is 4.38. The van der Waals surface area contributed by atoms with Crippen molar-refractivity contribution in [2.45, 2.75) is 6.54 Å². The lowest BCUT2D eigenvalue weighted by molar-refractivity contribution is 1.04. The Bertz CT molecular complexity index is 494. The van der Waals surface area contributed by atoms with E-state index in [-0.39, 0.29) is 0 Å². The van der Waals surface area contributed by atoms with E-state index < -0.39 is 0 Å². The van der Waals surface area contributed by atoms with Gasteiger partial charge in [0, 0.05) is 11.9 Å². The normalized spacial score (nSPS) is 13.0. The zero-order chi connectivity index (χ0) is 10.8. The molecule has 2 nitrogen and oxygen atoms in total. The van der Waals surface area contributed by atoms with Gasteiger partial charge in [-0.1, -0.05) is 36.4 Å². The van der Waals surface area contributed by atoms with Crippen LogP contribution in [0, 0.1) is 0 Å². The smallest absolute Gasteiger partial charge is 0.0666 e. The second-order valence-corrected chi connectivity index (χ2v) is 3.81. The van der Waals surface area contributed by atoms with E-state index in [9.17, 15) is 0 Å². The Kier molecular flexibility index (Phi) is 2.18. The molecule has 0 aliphatic carbocycles. The van der Waals surface area contributed by atoms with Gasteiger partial charge in [0.1, 0.15) is 0 Å². The Morgan fingerprint density at radius 3 is 2.75 bits per heavy atom. The summed E-state index contributed by atoms with van der Waals surface area (Å²) in [5.41, 5.74) is 4.66. The molecule has 0 saturated carbocycles. The maximum Gasteiger partial charge on any atom is 0.0666 e. The van der Waals surface area contributed by atoms with Crippen molar-refractivity contribution < 1.29 is 0 Å². The van der Waals surface area contributed by atoms with Gasteiger partial charge in [0.25, 0.3) is 0 Å². The number of nitrogens with zero attached hydrogens (tertiary/aromatic N) is 1. The molecule has 16 heavy (non-hydrogen) atoms. The lowest BCUT2D eigenvalue weighted by atomic mass is 10.1. The number of para-hydroxylation sites is 1. The molecule has 0 spiro atoms. The Labute approximate surface area is 94.7 Å². The van der Waals surface area contributed by atoms with Crippen LogP contribution in [0.1, 0.15) is 16.8 Å². The highest BCUT2D eigenvalue weighted by Gasteiger charge is 2.05. The molecule has 0 fully saturated rings. The van der Waals surface area contributed by atoms with E-state index in [1.165, 1.54) is 11.1 Å². The van der Waals surface area contributed by atoms with Crippen LogP contribution in [0.5, 0.6) is 0 Å². The minimum absolute atomic E-state index is 0.775. The van der Waals surface area contributed by atoms with Crippen LogP contribution in [0.3, 0.4) is 0 Å². The molecule has 1 aliphatic rings. The van der Waals surface area contributed by atoms with Crippen molar-refractivity contribution in [2.24, 2.45) is 0 Å². The lowest BCUT2D eigenvalue weighted by Crippen LogP contribution is -2.06. The first-order valence-electron chi connectivity index (χ1n) is 5.38. The lowest BCUT2D eigenvalue weighted by Gasteiger charge is -2.13. The summed E-state index contributed by atoms with van der Waals surface area (Å²) >= 11 is 0. The highest BCUT2D eigenvalue weighted by atomic mass is 14.9. The number of fused-ring (bicyclic) bond motifs is 2. The summed E-state index contributed by atoms with van der Waals surface area (Å²) in [6, 6.07) is 12.4. The van der Waals surface area contributed by atoms with E-state index in [2.05, 4.69) is 46.7 Å². The standard InChI is InChI=1S/C14H12N2/c1-2-6-13-11(4-1)7-8-12-5-3-9-15-14(12)10-16-13/h1-9,16H,10H2. The van der Waals surface area contributed by atoms with Crippen LogP contribution >= 0.6 is 0 Å². The van der Waals surface area contributed by atoms with Gasteiger partial charge in [0.2, 0.25) is 0 Å². The monoisotopic (exact) mass is 208 g/mol. The third-order valence-corrected chi connectivity index (χ3v) is 2.77. The highest BCUT2D eigenvalue weighted by Crippen LogP contribution is 2.22. The summed E-state index contributed by atoms with van der Waals surface area (Å²) in [5, 5.41) is 3.41. The minimum Gasteiger partial charge on any atom is -0.379 e. The number of hydrogen-bond donors (Lipinski definition) is 1. The minimum atomic E-state index is 0.775. The van der Waals surface area contributed by atoms with Crippen molar-refractivity contribution in [1.82, 2.24) is 4.98 Å². The summed E-state index contributed by atoms with van der Waals surface area (Å²) in [5.74, 6) is 0. The Balaban J connectivity index is 2.10. The van der Waals surface area contributed by atoms with Crippen LogP contribution in [0.15, 0.2) is 42.6 Å². The van der Waals surface area contributed by atoms with Crippen molar-refractivity contribution in [1.29, 1.82) is 0 Å². The van der Waals surface area contributed by atoms with E-state index in [0.717, 1.165) is 17.9 Å². The fourth-order valence-corrected chi connectivity index (χ4v) is 1.91. The second kappa shape index (κ2) is 3.81. The molecule has 0 amide bonds. The highest BCUT2D eigenvalue weighted by molar-refractivity contribution is 5.78. The van der Waals surface area contributed by atoms with Crippen molar-refractivity contribution >= 4 is 17.8 Å². The molecule has 2 heterocycles. The van der Waals surface area contributed by atoms with E-state index in [1.54, 1.807) is 0 Å². The molecular weight excluding hydrogens is 196 g/mol. The van der Waals surface area contributed by atoms with Crippen LogP contribution in [-0.4, -0.2) is 4.98 Å². The van der Waals surface area contributed by atoms with Crippen LogP contribution in [0.25, 0.3) is 12.2 Å². The quantitative estimate of drug-likeness (QED) is 0.719. The molecule has 1 aromatic carbocycles. The molecule has 0 bridgehead atoms. The number of pyridine rings is 1.